The number of halogens is 1. The van der Waals surface area contributed by atoms with Crippen molar-refractivity contribution in [2.24, 2.45) is 0 Å². The van der Waals surface area contributed by atoms with E-state index in [2.05, 4.69) is 37.2 Å². The molecule has 2 aromatic rings. The molecule has 7 amide bonds. The Morgan fingerprint density at radius 2 is 1.12 bits per heavy atom. The number of aliphatic hydroxyl groups excluding tert-OH is 1. The molecular weight excluding hydrogens is 862 g/mol. The van der Waals surface area contributed by atoms with Gasteiger partial charge in [0.15, 0.2) is 0 Å². The molecule has 19 heteroatoms. The van der Waals surface area contributed by atoms with Gasteiger partial charge in [-0.3, -0.25) is 24.0 Å². The summed E-state index contributed by atoms with van der Waals surface area (Å²) < 4.78 is 16.7. The topological polar surface area (TPSA) is 252 Å². The van der Waals surface area contributed by atoms with Crippen LogP contribution in [-0.4, -0.2) is 120 Å². The van der Waals surface area contributed by atoms with Crippen molar-refractivity contribution < 1.29 is 52.9 Å². The van der Waals surface area contributed by atoms with Crippen molar-refractivity contribution in [2.45, 2.75) is 155 Å². The molecule has 65 heavy (non-hydrogen) atoms. The van der Waals surface area contributed by atoms with Crippen LogP contribution in [0.2, 0.25) is 5.02 Å². The predicted octanol–water partition coefficient (Wildman–Crippen LogP) is 4.50. The zero-order chi connectivity index (χ0) is 49.3. The van der Waals surface area contributed by atoms with Gasteiger partial charge in [-0.1, -0.05) is 35.9 Å². The number of unbranched alkanes of at least 4 members (excludes halogenated alkanes) is 1. The van der Waals surface area contributed by atoms with Gasteiger partial charge in [0.1, 0.15) is 35.4 Å². The average molecular weight is 933 g/mol. The largest absolute Gasteiger partial charge is 0.444 e. The average Bonchev–Trinajstić information content (AvgIpc) is 3.18. The first-order chi connectivity index (χ1) is 30.1. The molecule has 0 aromatic heterocycles. The third-order valence-electron chi connectivity index (χ3n) is 9.02. The van der Waals surface area contributed by atoms with Crippen LogP contribution in [0.1, 0.15) is 113 Å². The fourth-order valence-corrected chi connectivity index (χ4v) is 6.11. The van der Waals surface area contributed by atoms with E-state index in [1.807, 2.05) is 12.1 Å². The van der Waals surface area contributed by atoms with E-state index in [0.29, 0.717) is 17.9 Å². The quantitative estimate of drug-likeness (QED) is 0.0810. The molecule has 362 valence electrons. The number of hydrogen-bond donors (Lipinski definition) is 8. The first-order valence-corrected chi connectivity index (χ1v) is 22.1. The maximum Gasteiger partial charge on any atom is 0.407 e. The Bertz CT molecular complexity index is 1910. The number of ether oxygens (including phenoxy) is 3. The monoisotopic (exact) mass is 931 g/mol. The van der Waals surface area contributed by atoms with Gasteiger partial charge < -0.3 is 56.5 Å². The van der Waals surface area contributed by atoms with Crippen LogP contribution in [0.3, 0.4) is 0 Å². The van der Waals surface area contributed by atoms with Crippen molar-refractivity contribution in [3.05, 3.63) is 59.1 Å². The second kappa shape index (κ2) is 25.3. The van der Waals surface area contributed by atoms with Gasteiger partial charge in [-0.25, -0.2) is 9.59 Å². The molecule has 0 radical (unpaired) electrons. The highest BCUT2D eigenvalue weighted by Crippen LogP contribution is 2.22. The zero-order valence-corrected chi connectivity index (χ0v) is 40.5. The first kappa shape index (κ1) is 55.7. The fourth-order valence-electron chi connectivity index (χ4n) is 5.98. The molecule has 0 unspecified atom stereocenters. The number of rotatable bonds is 21. The van der Waals surface area contributed by atoms with Crippen LogP contribution in [0.4, 0.5) is 9.59 Å². The minimum absolute atomic E-state index is 0.151. The van der Waals surface area contributed by atoms with Crippen molar-refractivity contribution in [1.82, 2.24) is 37.2 Å². The lowest BCUT2D eigenvalue weighted by molar-refractivity contribution is -0.139. The van der Waals surface area contributed by atoms with Crippen LogP contribution in [0.25, 0.3) is 11.1 Å². The number of amides is 7. The van der Waals surface area contributed by atoms with E-state index in [9.17, 15) is 38.7 Å². The van der Waals surface area contributed by atoms with Crippen molar-refractivity contribution >= 4 is 53.3 Å². The number of carbonyl (C=O) groups excluding carboxylic acids is 7. The lowest BCUT2D eigenvalue weighted by Gasteiger charge is -2.32. The molecule has 0 fully saturated rings. The van der Waals surface area contributed by atoms with Gasteiger partial charge in [-0.15, -0.1) is 0 Å². The van der Waals surface area contributed by atoms with Crippen LogP contribution in [-0.2, 0) is 33.4 Å². The smallest absolute Gasteiger partial charge is 0.407 e. The Kier molecular flexibility index (Phi) is 21.7. The lowest BCUT2D eigenvalue weighted by Crippen LogP contribution is -2.62. The maximum absolute atomic E-state index is 14.1. The van der Waals surface area contributed by atoms with Gasteiger partial charge in [0.2, 0.25) is 23.6 Å². The SMILES string of the molecule is C[C@H](NC(=O)[C@@H](NC(=O)[C@H](CNC(=O)OC(C)(C)C)NC(=O)c1ccc(-c2ccc(Cl)cc2)cc1)[C@@H](C)OC(C)(C)C)C(=O)N[C@@H](CCCCNC(=O)OC(C)(C)C)C(=O)N[C@@H](C)CO. The van der Waals surface area contributed by atoms with Crippen molar-refractivity contribution in [2.75, 3.05) is 19.7 Å². The lowest BCUT2D eigenvalue weighted by atomic mass is 10.0. The van der Waals surface area contributed by atoms with E-state index in [-0.39, 0.29) is 25.1 Å². The van der Waals surface area contributed by atoms with Gasteiger partial charge in [-0.2, -0.15) is 0 Å². The van der Waals surface area contributed by atoms with E-state index in [4.69, 9.17) is 25.8 Å². The molecule has 6 atom stereocenters. The molecule has 0 heterocycles. The number of benzene rings is 2. The van der Waals surface area contributed by atoms with Crippen LogP contribution in [0, 0.1) is 0 Å². The van der Waals surface area contributed by atoms with Gasteiger partial charge >= 0.3 is 12.2 Å². The summed E-state index contributed by atoms with van der Waals surface area (Å²) in [5, 5.41) is 28.4. The number of nitrogens with one attached hydrogen (secondary N) is 7. The molecular formula is C46H70ClN7O11. The van der Waals surface area contributed by atoms with Crippen LogP contribution in [0.5, 0.6) is 0 Å². The van der Waals surface area contributed by atoms with E-state index in [0.717, 1.165) is 11.1 Å². The van der Waals surface area contributed by atoms with Crippen LogP contribution < -0.4 is 37.2 Å². The highest BCUT2D eigenvalue weighted by molar-refractivity contribution is 6.30. The van der Waals surface area contributed by atoms with E-state index < -0.39 is 101 Å². The highest BCUT2D eigenvalue weighted by Gasteiger charge is 2.35. The van der Waals surface area contributed by atoms with Crippen molar-refractivity contribution in [3.63, 3.8) is 0 Å². The molecule has 0 aliphatic heterocycles. The fraction of sp³-hybridized carbons (Fsp3) is 0.587. The van der Waals surface area contributed by atoms with Crippen molar-refractivity contribution in [3.8, 4) is 11.1 Å². The number of alkyl carbamates (subject to hydrolysis) is 2. The molecule has 0 saturated carbocycles. The predicted molar refractivity (Wildman–Crippen MR) is 247 cm³/mol. The molecule has 0 spiro atoms. The van der Waals surface area contributed by atoms with Gasteiger partial charge in [0.05, 0.1) is 24.9 Å². The maximum atomic E-state index is 14.1. The second-order valence-electron chi connectivity index (χ2n) is 18.7. The number of aliphatic hydroxyl groups is 1. The summed E-state index contributed by atoms with van der Waals surface area (Å²) in [4.78, 5) is 93.3. The second-order valence-corrected chi connectivity index (χ2v) is 19.2. The molecule has 0 aliphatic rings. The summed E-state index contributed by atoms with van der Waals surface area (Å²) in [7, 11) is 0. The summed E-state index contributed by atoms with van der Waals surface area (Å²) in [6.07, 6.45) is -1.46. The molecule has 0 aliphatic carbocycles. The number of carbonyl (C=O) groups is 7. The zero-order valence-electron chi connectivity index (χ0n) is 39.7. The Labute approximate surface area is 387 Å². The van der Waals surface area contributed by atoms with E-state index >= 15 is 0 Å². The summed E-state index contributed by atoms with van der Waals surface area (Å²) in [5.74, 6) is -3.66. The minimum atomic E-state index is -1.45. The van der Waals surface area contributed by atoms with E-state index in [1.165, 1.54) is 6.92 Å². The third kappa shape index (κ3) is 21.9. The summed E-state index contributed by atoms with van der Waals surface area (Å²) in [6.45, 7) is 19.4. The first-order valence-electron chi connectivity index (χ1n) is 21.7. The summed E-state index contributed by atoms with van der Waals surface area (Å²) in [6, 6.07) is 7.93. The standard InChI is InChI=1S/C46H70ClN7O11/c1-27(26-55)50-39(58)34(15-13-14-24-48-42(61)64-45(7,8)9)52-37(56)28(2)51-41(60)36(29(3)63-44(4,5)6)54-40(59)35(25-49-43(62)65-46(10,11)12)53-38(57)32-18-16-30(17-19-32)31-20-22-33(47)23-21-31/h16-23,27-29,34-36,55H,13-15,24-26H2,1-12H3,(H,48,61)(H,49,62)(H,50,58)(H,51,60)(H,52,56)(H,53,57)(H,54,59)/t27-,28-,29+,34-,35-,36-/m0/s1. The van der Waals surface area contributed by atoms with E-state index in [1.54, 1.807) is 113 Å². The normalized spacial score (nSPS) is 14.5. The Hall–Kier alpha value is -5.46. The minimum Gasteiger partial charge on any atom is -0.444 e. The Balaban J connectivity index is 2.31. The molecule has 2 rings (SSSR count). The molecule has 8 N–H and O–H groups in total. The molecule has 0 saturated heterocycles. The van der Waals surface area contributed by atoms with Gasteiger partial charge in [0.25, 0.3) is 5.91 Å². The third-order valence-corrected chi connectivity index (χ3v) is 9.27. The number of hydrogen-bond acceptors (Lipinski definition) is 11. The van der Waals surface area contributed by atoms with Crippen molar-refractivity contribution in [1.29, 1.82) is 0 Å². The Morgan fingerprint density at radius 1 is 0.600 bits per heavy atom. The molecule has 18 nitrogen and oxygen atoms in total. The summed E-state index contributed by atoms with van der Waals surface area (Å²) in [5.41, 5.74) is -0.474. The summed E-state index contributed by atoms with van der Waals surface area (Å²) >= 11 is 6.03. The van der Waals surface area contributed by atoms with Gasteiger partial charge in [0, 0.05) is 23.2 Å². The Morgan fingerprint density at radius 3 is 1.65 bits per heavy atom. The molecule has 2 aromatic carbocycles. The molecule has 0 bridgehead atoms. The van der Waals surface area contributed by atoms with Gasteiger partial charge in [-0.05, 0) is 138 Å². The van der Waals surface area contributed by atoms with Crippen LogP contribution >= 0.6 is 11.6 Å². The highest BCUT2D eigenvalue weighted by atomic mass is 35.5. The van der Waals surface area contributed by atoms with Crippen LogP contribution in [0.15, 0.2) is 48.5 Å².